The molecule has 3 rings (SSSR count). The number of rotatable bonds is 3. The number of methoxy groups -OCH3 is 1. The van der Waals surface area contributed by atoms with Crippen LogP contribution < -0.4 is 0 Å². The molecule has 0 radical (unpaired) electrons. The van der Waals surface area contributed by atoms with Crippen LogP contribution in [0.15, 0.2) is 24.3 Å². The lowest BCUT2D eigenvalue weighted by Crippen LogP contribution is -2.48. The van der Waals surface area contributed by atoms with Crippen molar-refractivity contribution in [2.24, 2.45) is 0 Å². The molecule has 1 aliphatic rings. The van der Waals surface area contributed by atoms with Gasteiger partial charge in [0.25, 0.3) is 5.91 Å². The van der Waals surface area contributed by atoms with E-state index in [0.717, 1.165) is 29.9 Å². The van der Waals surface area contributed by atoms with E-state index < -0.39 is 6.04 Å². The van der Waals surface area contributed by atoms with Crippen LogP contribution in [0.3, 0.4) is 0 Å². The number of carbonyl (C=O) groups is 2. The molecule has 2 aromatic rings. The highest BCUT2D eigenvalue weighted by Crippen LogP contribution is 2.24. The van der Waals surface area contributed by atoms with Crippen LogP contribution in [-0.4, -0.2) is 46.3 Å². The van der Waals surface area contributed by atoms with Crippen molar-refractivity contribution in [2.75, 3.05) is 13.7 Å². The monoisotopic (exact) mass is 375 g/mol. The van der Waals surface area contributed by atoms with Crippen molar-refractivity contribution in [1.82, 2.24) is 14.7 Å². The van der Waals surface area contributed by atoms with E-state index in [1.54, 1.807) is 21.7 Å². The molecule has 6 nitrogen and oxygen atoms in total. The Bertz CT molecular complexity index is 829. The minimum absolute atomic E-state index is 0.155. The summed E-state index contributed by atoms with van der Waals surface area (Å²) in [6, 6.07) is 6.67. The van der Waals surface area contributed by atoms with E-state index in [9.17, 15) is 9.59 Å². The second kappa shape index (κ2) is 7.50. The first-order valence-electron chi connectivity index (χ1n) is 8.65. The molecule has 1 aromatic carbocycles. The zero-order valence-corrected chi connectivity index (χ0v) is 15.9. The van der Waals surface area contributed by atoms with Gasteiger partial charge in [-0.05, 0) is 57.4 Å². The molecule has 1 unspecified atom stereocenters. The number of hydrogen-bond donors (Lipinski definition) is 0. The Balaban J connectivity index is 1.84. The smallest absolute Gasteiger partial charge is 0.328 e. The molecule has 1 aliphatic heterocycles. The summed E-state index contributed by atoms with van der Waals surface area (Å²) < 4.78 is 6.61. The summed E-state index contributed by atoms with van der Waals surface area (Å²) in [5.41, 5.74) is 2.98. The van der Waals surface area contributed by atoms with Crippen molar-refractivity contribution >= 4 is 23.5 Å². The summed E-state index contributed by atoms with van der Waals surface area (Å²) >= 11 is 6.20. The maximum atomic E-state index is 12.9. The Morgan fingerprint density at radius 3 is 2.46 bits per heavy atom. The van der Waals surface area contributed by atoms with Gasteiger partial charge in [-0.1, -0.05) is 11.6 Å². The quantitative estimate of drug-likeness (QED) is 0.772. The minimum atomic E-state index is -0.504. The Morgan fingerprint density at radius 1 is 1.19 bits per heavy atom. The number of piperidine rings is 1. The molecule has 0 N–H and O–H groups in total. The van der Waals surface area contributed by atoms with E-state index in [1.165, 1.54) is 7.11 Å². The lowest BCUT2D eigenvalue weighted by atomic mass is 10.0. The van der Waals surface area contributed by atoms with Crippen molar-refractivity contribution in [3.05, 3.63) is 46.2 Å². The molecule has 0 bridgehead atoms. The lowest BCUT2D eigenvalue weighted by Gasteiger charge is -2.33. The number of esters is 1. The topological polar surface area (TPSA) is 64.4 Å². The average molecular weight is 376 g/mol. The van der Waals surface area contributed by atoms with Gasteiger partial charge in [0, 0.05) is 12.1 Å². The highest BCUT2D eigenvalue weighted by atomic mass is 35.5. The van der Waals surface area contributed by atoms with Crippen LogP contribution in [0.2, 0.25) is 5.02 Å². The van der Waals surface area contributed by atoms with Crippen molar-refractivity contribution in [3.8, 4) is 5.69 Å². The van der Waals surface area contributed by atoms with Crippen LogP contribution in [0.25, 0.3) is 5.69 Å². The summed E-state index contributed by atoms with van der Waals surface area (Å²) in [5.74, 6) is -0.509. The Labute approximate surface area is 157 Å². The van der Waals surface area contributed by atoms with Crippen molar-refractivity contribution in [2.45, 2.75) is 39.2 Å². The van der Waals surface area contributed by atoms with Crippen LogP contribution in [0.1, 0.15) is 41.0 Å². The summed E-state index contributed by atoms with van der Waals surface area (Å²) in [6.45, 7) is 4.32. The molecule has 2 heterocycles. The molecule has 0 aliphatic carbocycles. The Hall–Kier alpha value is -2.34. The van der Waals surface area contributed by atoms with Gasteiger partial charge in [-0.15, -0.1) is 0 Å². The van der Waals surface area contributed by atoms with E-state index >= 15 is 0 Å². The molecule has 1 saturated heterocycles. The van der Waals surface area contributed by atoms with Gasteiger partial charge in [0.2, 0.25) is 0 Å². The Morgan fingerprint density at radius 2 is 1.88 bits per heavy atom. The third kappa shape index (κ3) is 3.33. The third-order valence-electron chi connectivity index (χ3n) is 4.80. The first-order chi connectivity index (χ1) is 12.4. The van der Waals surface area contributed by atoms with Gasteiger partial charge in [-0.25, -0.2) is 9.48 Å². The number of halogens is 1. The van der Waals surface area contributed by atoms with E-state index in [1.807, 2.05) is 26.0 Å². The van der Waals surface area contributed by atoms with E-state index in [4.69, 9.17) is 16.3 Å². The summed E-state index contributed by atoms with van der Waals surface area (Å²) in [5, 5.41) is 5.06. The fourth-order valence-electron chi connectivity index (χ4n) is 3.34. The first-order valence-corrected chi connectivity index (χ1v) is 9.02. The van der Waals surface area contributed by atoms with Gasteiger partial charge < -0.3 is 9.64 Å². The number of nitrogens with zero attached hydrogens (tertiary/aromatic N) is 3. The van der Waals surface area contributed by atoms with E-state index in [0.29, 0.717) is 23.6 Å². The van der Waals surface area contributed by atoms with Gasteiger partial charge >= 0.3 is 5.97 Å². The highest BCUT2D eigenvalue weighted by Gasteiger charge is 2.33. The van der Waals surface area contributed by atoms with E-state index in [-0.39, 0.29) is 11.9 Å². The summed E-state index contributed by atoms with van der Waals surface area (Å²) in [6.07, 6.45) is 2.45. The first kappa shape index (κ1) is 18.5. The number of carbonyl (C=O) groups excluding carboxylic acids is 2. The maximum Gasteiger partial charge on any atom is 0.328 e. The van der Waals surface area contributed by atoms with Gasteiger partial charge in [-0.3, -0.25) is 4.79 Å². The molecular formula is C19H22ClN3O3. The molecule has 1 atom stereocenters. The van der Waals surface area contributed by atoms with Crippen LogP contribution in [-0.2, 0) is 9.53 Å². The normalized spacial score (nSPS) is 17.2. The zero-order valence-electron chi connectivity index (χ0n) is 15.2. The largest absolute Gasteiger partial charge is 0.467 e. The Kier molecular flexibility index (Phi) is 5.32. The standard InChI is InChI=1S/C19H22ClN3O3/c1-12-17(20)13(2)23(21-12)15-9-7-14(8-10-15)18(24)22-11-5-4-6-16(22)19(25)26-3/h7-10,16H,4-6,11H2,1-3H3. The molecule has 1 amide bonds. The van der Waals surface area contributed by atoms with Crippen LogP contribution in [0, 0.1) is 13.8 Å². The number of benzene rings is 1. The molecular weight excluding hydrogens is 354 g/mol. The third-order valence-corrected chi connectivity index (χ3v) is 5.35. The fraction of sp³-hybridized carbons (Fsp3) is 0.421. The van der Waals surface area contributed by atoms with Crippen LogP contribution in [0.5, 0.6) is 0 Å². The molecule has 0 spiro atoms. The molecule has 1 fully saturated rings. The van der Waals surface area contributed by atoms with Gasteiger partial charge in [0.05, 0.1) is 29.2 Å². The maximum absolute atomic E-state index is 12.9. The van der Waals surface area contributed by atoms with Gasteiger partial charge in [0.1, 0.15) is 6.04 Å². The van der Waals surface area contributed by atoms with Crippen molar-refractivity contribution in [1.29, 1.82) is 0 Å². The van der Waals surface area contributed by atoms with Gasteiger partial charge in [0.15, 0.2) is 0 Å². The lowest BCUT2D eigenvalue weighted by molar-refractivity contribution is -0.147. The second-order valence-electron chi connectivity index (χ2n) is 6.48. The fourth-order valence-corrected chi connectivity index (χ4v) is 3.46. The molecule has 0 saturated carbocycles. The molecule has 7 heteroatoms. The van der Waals surface area contributed by atoms with Crippen LogP contribution in [0.4, 0.5) is 0 Å². The predicted molar refractivity (Wildman–Crippen MR) is 98.7 cm³/mol. The number of aryl methyl sites for hydroxylation is 1. The molecule has 1 aromatic heterocycles. The van der Waals surface area contributed by atoms with Crippen LogP contribution >= 0.6 is 11.6 Å². The number of likely N-dealkylation sites (tertiary alicyclic amines) is 1. The van der Waals surface area contributed by atoms with Crippen molar-refractivity contribution < 1.29 is 14.3 Å². The summed E-state index contributed by atoms with van der Waals surface area (Å²) in [7, 11) is 1.36. The van der Waals surface area contributed by atoms with Crippen molar-refractivity contribution in [3.63, 3.8) is 0 Å². The van der Waals surface area contributed by atoms with E-state index in [2.05, 4.69) is 5.10 Å². The predicted octanol–water partition coefficient (Wildman–Crippen LogP) is 3.31. The zero-order chi connectivity index (χ0) is 18.8. The average Bonchev–Trinajstić information content (AvgIpc) is 2.94. The SMILES string of the molecule is COC(=O)C1CCCCN1C(=O)c1ccc(-n2nc(C)c(Cl)c2C)cc1. The number of ether oxygens (including phenoxy) is 1. The summed E-state index contributed by atoms with van der Waals surface area (Å²) in [4.78, 5) is 26.5. The highest BCUT2D eigenvalue weighted by molar-refractivity contribution is 6.31. The second-order valence-corrected chi connectivity index (χ2v) is 6.85. The minimum Gasteiger partial charge on any atom is -0.467 e. The number of aromatic nitrogens is 2. The molecule has 138 valence electrons. The number of hydrogen-bond acceptors (Lipinski definition) is 4. The number of amides is 1. The van der Waals surface area contributed by atoms with Gasteiger partial charge in [-0.2, -0.15) is 5.10 Å². The molecule has 26 heavy (non-hydrogen) atoms.